The Labute approximate surface area is 201 Å². The molecular weight excluding hydrogens is 432 g/mol. The number of para-hydroxylation sites is 1. The van der Waals surface area contributed by atoms with Crippen LogP contribution in [0.4, 0.5) is 0 Å². The molecular formula is C26H38N4O4. The van der Waals surface area contributed by atoms with Crippen LogP contribution in [0.2, 0.25) is 0 Å². The van der Waals surface area contributed by atoms with Crippen LogP contribution in [0.5, 0.6) is 0 Å². The number of fused-ring (bicyclic) bond motifs is 1. The van der Waals surface area contributed by atoms with Gasteiger partial charge in [-0.2, -0.15) is 0 Å². The van der Waals surface area contributed by atoms with Crippen LogP contribution in [0.25, 0.3) is 10.9 Å². The van der Waals surface area contributed by atoms with E-state index in [1.165, 1.54) is 11.8 Å². The van der Waals surface area contributed by atoms with Crippen molar-refractivity contribution in [1.82, 2.24) is 15.2 Å². The smallest absolute Gasteiger partial charge is 0.331 e. The zero-order valence-corrected chi connectivity index (χ0v) is 21.2. The van der Waals surface area contributed by atoms with Crippen LogP contribution < -0.4 is 11.1 Å². The summed E-state index contributed by atoms with van der Waals surface area (Å²) in [7, 11) is 1.63. The summed E-state index contributed by atoms with van der Waals surface area (Å²) in [5, 5.41) is 13.2. The number of H-pyrrole nitrogens is 1. The third-order valence-corrected chi connectivity index (χ3v) is 6.09. The van der Waals surface area contributed by atoms with E-state index in [4.69, 9.17) is 5.73 Å². The van der Waals surface area contributed by atoms with Gasteiger partial charge in [0.1, 0.15) is 6.04 Å². The lowest BCUT2D eigenvalue weighted by Gasteiger charge is -2.37. The van der Waals surface area contributed by atoms with Crippen molar-refractivity contribution in [3.05, 3.63) is 47.7 Å². The summed E-state index contributed by atoms with van der Waals surface area (Å²) >= 11 is 0. The number of carboxylic acids is 1. The van der Waals surface area contributed by atoms with E-state index in [1.807, 2.05) is 65.1 Å². The van der Waals surface area contributed by atoms with Gasteiger partial charge in [-0.05, 0) is 36.3 Å². The van der Waals surface area contributed by atoms with Crippen LogP contribution in [0.15, 0.2) is 42.1 Å². The van der Waals surface area contributed by atoms with Gasteiger partial charge in [-0.3, -0.25) is 9.59 Å². The predicted octanol–water partition coefficient (Wildman–Crippen LogP) is 3.08. The van der Waals surface area contributed by atoms with E-state index in [2.05, 4.69) is 10.3 Å². The van der Waals surface area contributed by atoms with Crippen molar-refractivity contribution in [2.45, 2.75) is 66.1 Å². The van der Waals surface area contributed by atoms with Crippen LogP contribution >= 0.6 is 0 Å². The van der Waals surface area contributed by atoms with Crippen molar-refractivity contribution in [1.29, 1.82) is 0 Å². The topological polar surface area (TPSA) is 129 Å². The molecule has 1 heterocycles. The third-order valence-electron chi connectivity index (χ3n) is 6.09. The highest BCUT2D eigenvalue weighted by Gasteiger charge is 2.37. The maximum Gasteiger partial charge on any atom is 0.331 e. The number of rotatable bonds is 9. The van der Waals surface area contributed by atoms with Gasteiger partial charge in [-0.25, -0.2) is 4.79 Å². The van der Waals surface area contributed by atoms with E-state index < -0.39 is 35.4 Å². The van der Waals surface area contributed by atoms with Gasteiger partial charge in [0.2, 0.25) is 11.8 Å². The van der Waals surface area contributed by atoms with Crippen LogP contribution in [0, 0.1) is 11.3 Å². The molecule has 5 N–H and O–H groups in total. The Bertz CT molecular complexity index is 1060. The Morgan fingerprint density at radius 3 is 2.38 bits per heavy atom. The molecule has 34 heavy (non-hydrogen) atoms. The fourth-order valence-electron chi connectivity index (χ4n) is 3.96. The molecule has 0 aliphatic heterocycles. The zero-order chi connectivity index (χ0) is 25.8. The maximum absolute atomic E-state index is 13.5. The number of likely N-dealkylation sites (N-methyl/N-ethyl adjacent to an activating group) is 1. The SMILES string of the molecule is CC(=C[C@H](C(C)C)N(C)C(=O)[C@@H](NC(=O)C(N)Cc1c[nH]c2ccccc12)C(C)(C)C)C(=O)O. The number of aliphatic carboxylic acids is 1. The number of carbonyl (C=O) groups excluding carboxylic acids is 2. The second kappa shape index (κ2) is 10.9. The van der Waals surface area contributed by atoms with Crippen LogP contribution in [-0.2, 0) is 20.8 Å². The molecule has 0 saturated carbocycles. The predicted molar refractivity (Wildman–Crippen MR) is 134 cm³/mol. The molecule has 2 aromatic rings. The van der Waals surface area contributed by atoms with Crippen molar-refractivity contribution in [3.8, 4) is 0 Å². The molecule has 2 rings (SSSR count). The number of nitrogens with zero attached hydrogens (tertiary/aromatic N) is 1. The molecule has 3 atom stereocenters. The summed E-state index contributed by atoms with van der Waals surface area (Å²) in [6.45, 7) is 11.0. The second-order valence-electron chi connectivity index (χ2n) is 10.3. The molecule has 0 radical (unpaired) electrons. The maximum atomic E-state index is 13.5. The number of nitrogens with one attached hydrogen (secondary N) is 2. The first-order valence-electron chi connectivity index (χ1n) is 11.5. The van der Waals surface area contributed by atoms with E-state index in [0.717, 1.165) is 16.5 Å². The number of amides is 2. The first-order valence-corrected chi connectivity index (χ1v) is 11.5. The quantitative estimate of drug-likeness (QED) is 0.419. The van der Waals surface area contributed by atoms with Gasteiger partial charge in [0.05, 0.1) is 12.1 Å². The fourth-order valence-corrected chi connectivity index (χ4v) is 3.96. The number of carbonyl (C=O) groups is 3. The zero-order valence-electron chi connectivity index (χ0n) is 21.2. The Morgan fingerprint density at radius 1 is 1.21 bits per heavy atom. The standard InChI is InChI=1S/C26H38N4O4/c1-15(2)21(12-16(3)25(33)34)30(7)24(32)22(26(4,5)6)29-23(31)19(27)13-17-14-28-20-11-9-8-10-18(17)20/h8-12,14-15,19,21-22,28H,13,27H2,1-7H3,(H,29,31)(H,33,34)/t19?,21-,22-/m1/s1. The van der Waals surface area contributed by atoms with Crippen LogP contribution in [0.3, 0.4) is 0 Å². The van der Waals surface area contributed by atoms with Crippen LogP contribution in [0.1, 0.15) is 47.1 Å². The minimum atomic E-state index is -1.03. The summed E-state index contributed by atoms with van der Waals surface area (Å²) in [5.74, 6) is -1.77. The fraction of sp³-hybridized carbons (Fsp3) is 0.500. The van der Waals surface area contributed by atoms with Gasteiger partial charge in [-0.1, -0.05) is 58.9 Å². The van der Waals surface area contributed by atoms with E-state index in [-0.39, 0.29) is 17.4 Å². The van der Waals surface area contributed by atoms with Crippen molar-refractivity contribution >= 4 is 28.7 Å². The van der Waals surface area contributed by atoms with Gasteiger partial charge in [0.15, 0.2) is 0 Å². The number of nitrogens with two attached hydrogens (primary N) is 1. The monoisotopic (exact) mass is 470 g/mol. The Kier molecular flexibility index (Phi) is 8.66. The number of benzene rings is 1. The van der Waals surface area contributed by atoms with Crippen molar-refractivity contribution in [2.24, 2.45) is 17.1 Å². The number of hydrogen-bond acceptors (Lipinski definition) is 4. The Morgan fingerprint density at radius 2 is 1.82 bits per heavy atom. The summed E-state index contributed by atoms with van der Waals surface area (Å²) in [4.78, 5) is 42.6. The van der Waals surface area contributed by atoms with E-state index in [0.29, 0.717) is 6.42 Å². The summed E-state index contributed by atoms with van der Waals surface area (Å²) < 4.78 is 0. The molecule has 8 heteroatoms. The molecule has 1 unspecified atom stereocenters. The lowest BCUT2D eigenvalue weighted by atomic mass is 9.84. The average molecular weight is 471 g/mol. The highest BCUT2D eigenvalue weighted by Crippen LogP contribution is 2.24. The Hall–Kier alpha value is -3.13. The van der Waals surface area contributed by atoms with Crippen LogP contribution in [-0.4, -0.2) is 57.9 Å². The number of aromatic amines is 1. The first-order chi connectivity index (χ1) is 15.7. The molecule has 2 amide bonds. The second-order valence-corrected chi connectivity index (χ2v) is 10.3. The largest absolute Gasteiger partial charge is 0.478 e. The average Bonchev–Trinajstić information content (AvgIpc) is 3.16. The van der Waals surface area contributed by atoms with Gasteiger partial charge in [-0.15, -0.1) is 0 Å². The Balaban J connectivity index is 2.22. The van der Waals surface area contributed by atoms with Crippen molar-refractivity contribution in [2.75, 3.05) is 7.05 Å². The first kappa shape index (κ1) is 27.1. The molecule has 1 aromatic heterocycles. The van der Waals surface area contributed by atoms with E-state index in [9.17, 15) is 19.5 Å². The van der Waals surface area contributed by atoms with Gasteiger partial charge >= 0.3 is 5.97 Å². The molecule has 0 aliphatic rings. The van der Waals surface area contributed by atoms with Gasteiger partial charge in [0, 0.05) is 29.7 Å². The number of hydrogen-bond donors (Lipinski definition) is 4. The lowest BCUT2D eigenvalue weighted by Crippen LogP contribution is -2.58. The highest BCUT2D eigenvalue weighted by atomic mass is 16.4. The molecule has 0 saturated heterocycles. The molecule has 1 aromatic carbocycles. The number of carboxylic acid groups (broad SMARTS) is 1. The summed E-state index contributed by atoms with van der Waals surface area (Å²) in [6.07, 6.45) is 3.75. The lowest BCUT2D eigenvalue weighted by molar-refractivity contribution is -0.140. The normalized spacial score (nSPS) is 15.1. The van der Waals surface area contributed by atoms with Gasteiger partial charge in [0.25, 0.3) is 0 Å². The van der Waals surface area contributed by atoms with Gasteiger partial charge < -0.3 is 26.0 Å². The number of aromatic nitrogens is 1. The molecule has 0 aliphatic carbocycles. The summed E-state index contributed by atoms with van der Waals surface area (Å²) in [6, 6.07) is 5.69. The molecule has 0 spiro atoms. The minimum Gasteiger partial charge on any atom is -0.478 e. The van der Waals surface area contributed by atoms with E-state index in [1.54, 1.807) is 13.1 Å². The summed E-state index contributed by atoms with van der Waals surface area (Å²) in [5.41, 5.74) is 7.73. The highest BCUT2D eigenvalue weighted by molar-refractivity contribution is 5.91. The third kappa shape index (κ3) is 6.47. The minimum absolute atomic E-state index is 0.0244. The molecule has 186 valence electrons. The van der Waals surface area contributed by atoms with Crippen molar-refractivity contribution < 1.29 is 19.5 Å². The molecule has 8 nitrogen and oxygen atoms in total. The molecule has 0 fully saturated rings. The van der Waals surface area contributed by atoms with Crippen molar-refractivity contribution in [3.63, 3.8) is 0 Å². The van der Waals surface area contributed by atoms with E-state index >= 15 is 0 Å². The molecule has 0 bridgehead atoms.